The predicted octanol–water partition coefficient (Wildman–Crippen LogP) is 5.28. The number of esters is 1. The zero-order valence-corrected chi connectivity index (χ0v) is 16.4. The molecule has 8 nitrogen and oxygen atoms in total. The maximum absolute atomic E-state index is 12.3. The van der Waals surface area contributed by atoms with Gasteiger partial charge in [-0.25, -0.2) is 4.79 Å². The van der Waals surface area contributed by atoms with Gasteiger partial charge in [0.25, 0.3) is 11.4 Å². The summed E-state index contributed by atoms with van der Waals surface area (Å²) in [7, 11) is 0. The lowest BCUT2D eigenvalue weighted by atomic mass is 10.0. The number of nitrogens with zero attached hydrogens (tertiary/aromatic N) is 2. The van der Waals surface area contributed by atoms with Crippen molar-refractivity contribution in [2.75, 3.05) is 0 Å². The first kappa shape index (κ1) is 20.8. The number of nitro benzene ring substituents is 2. The number of ether oxygens (including phenoxy) is 1. The molecular weight excluding hydrogens is 396 g/mol. The van der Waals surface area contributed by atoms with Gasteiger partial charge in [-0.2, -0.15) is 0 Å². The summed E-state index contributed by atoms with van der Waals surface area (Å²) in [4.78, 5) is 34.0. The minimum absolute atomic E-state index is 0.0561. The molecule has 9 heteroatoms. The van der Waals surface area contributed by atoms with Crippen molar-refractivity contribution in [1.82, 2.24) is 0 Å². The molecule has 1 fully saturated rings. The van der Waals surface area contributed by atoms with Crippen LogP contribution in [0.4, 0.5) is 11.4 Å². The van der Waals surface area contributed by atoms with Crippen molar-refractivity contribution in [2.45, 2.75) is 48.9 Å². The minimum Gasteiger partial charge on any atom is -0.457 e. The van der Waals surface area contributed by atoms with Crippen LogP contribution in [0.3, 0.4) is 0 Å². The summed E-state index contributed by atoms with van der Waals surface area (Å²) in [5.41, 5.74) is 0.596. The number of non-ortho nitro benzene ring substituents is 2. The second-order valence-electron chi connectivity index (χ2n) is 6.81. The summed E-state index contributed by atoms with van der Waals surface area (Å²) < 4.78 is 5.33. The standard InChI is InChI=1S/C20H20N2O6S/c23-20(14-6-8-16(9-7-14)21(24)25)28-13-15-12-17(22(26)27)10-11-19(15)29-18-4-2-1-3-5-18/h6-12,18H,1-5,13H2. The van der Waals surface area contributed by atoms with Gasteiger partial charge in [0.1, 0.15) is 6.61 Å². The molecule has 1 aliphatic carbocycles. The highest BCUT2D eigenvalue weighted by molar-refractivity contribution is 8.00. The number of benzene rings is 2. The van der Waals surface area contributed by atoms with Crippen molar-refractivity contribution in [3.63, 3.8) is 0 Å². The fourth-order valence-corrected chi connectivity index (χ4v) is 4.56. The molecule has 2 aromatic rings. The number of carbonyl (C=O) groups excluding carboxylic acids is 1. The van der Waals surface area contributed by atoms with E-state index in [1.54, 1.807) is 17.8 Å². The average molecular weight is 416 g/mol. The Morgan fingerprint density at radius 1 is 0.966 bits per heavy atom. The number of nitro groups is 2. The summed E-state index contributed by atoms with van der Waals surface area (Å²) in [5, 5.41) is 22.3. The summed E-state index contributed by atoms with van der Waals surface area (Å²) in [6.45, 7) is -0.105. The van der Waals surface area contributed by atoms with Crippen LogP contribution in [0.2, 0.25) is 0 Å². The smallest absolute Gasteiger partial charge is 0.338 e. The number of rotatable bonds is 7. The Morgan fingerprint density at radius 2 is 1.59 bits per heavy atom. The molecular formula is C20H20N2O6S. The Kier molecular flexibility index (Phi) is 6.82. The van der Waals surface area contributed by atoms with Crippen molar-refractivity contribution >= 4 is 29.1 Å². The van der Waals surface area contributed by atoms with Crippen LogP contribution in [-0.4, -0.2) is 21.1 Å². The van der Waals surface area contributed by atoms with Gasteiger partial charge in [0.15, 0.2) is 0 Å². The average Bonchev–Trinajstić information content (AvgIpc) is 2.73. The lowest BCUT2D eigenvalue weighted by Gasteiger charge is -2.22. The van der Waals surface area contributed by atoms with Crippen molar-refractivity contribution < 1.29 is 19.4 Å². The van der Waals surface area contributed by atoms with E-state index in [0.717, 1.165) is 17.7 Å². The maximum atomic E-state index is 12.3. The number of thioether (sulfide) groups is 1. The molecule has 0 unspecified atom stereocenters. The molecule has 0 heterocycles. The monoisotopic (exact) mass is 416 g/mol. The van der Waals surface area contributed by atoms with Crippen molar-refractivity contribution in [3.8, 4) is 0 Å². The third kappa shape index (κ3) is 5.54. The predicted molar refractivity (Wildman–Crippen MR) is 108 cm³/mol. The molecule has 0 radical (unpaired) electrons. The zero-order valence-electron chi connectivity index (χ0n) is 15.6. The van der Waals surface area contributed by atoms with E-state index in [9.17, 15) is 25.0 Å². The topological polar surface area (TPSA) is 113 Å². The van der Waals surface area contributed by atoms with E-state index in [4.69, 9.17) is 4.74 Å². The molecule has 3 rings (SSSR count). The van der Waals surface area contributed by atoms with Crippen LogP contribution in [0.1, 0.15) is 48.0 Å². The molecule has 0 spiro atoms. The molecule has 0 N–H and O–H groups in total. The van der Waals surface area contributed by atoms with Crippen molar-refractivity contribution in [1.29, 1.82) is 0 Å². The van der Waals surface area contributed by atoms with Crippen molar-refractivity contribution in [3.05, 3.63) is 73.8 Å². The maximum Gasteiger partial charge on any atom is 0.338 e. The third-order valence-electron chi connectivity index (χ3n) is 4.77. The van der Waals surface area contributed by atoms with Gasteiger partial charge in [0.05, 0.1) is 15.4 Å². The molecule has 1 saturated carbocycles. The van der Waals surface area contributed by atoms with Gasteiger partial charge in [-0.1, -0.05) is 19.3 Å². The van der Waals surface area contributed by atoms with Gasteiger partial charge in [-0.3, -0.25) is 20.2 Å². The Hall–Kier alpha value is -2.94. The molecule has 29 heavy (non-hydrogen) atoms. The number of hydrogen-bond acceptors (Lipinski definition) is 7. The van der Waals surface area contributed by atoms with Crippen molar-refractivity contribution in [2.24, 2.45) is 0 Å². The van der Waals surface area contributed by atoms with Gasteiger partial charge in [-0.15, -0.1) is 11.8 Å². The highest BCUT2D eigenvalue weighted by Gasteiger charge is 2.19. The summed E-state index contributed by atoms with van der Waals surface area (Å²) >= 11 is 1.68. The minimum atomic E-state index is -0.639. The highest BCUT2D eigenvalue weighted by atomic mass is 32.2. The Balaban J connectivity index is 1.73. The largest absolute Gasteiger partial charge is 0.457 e. The quantitative estimate of drug-likeness (QED) is 0.342. The van der Waals surface area contributed by atoms with Crippen LogP contribution >= 0.6 is 11.8 Å². The van der Waals surface area contributed by atoms with E-state index in [0.29, 0.717) is 10.8 Å². The lowest BCUT2D eigenvalue weighted by Crippen LogP contribution is -2.10. The van der Waals surface area contributed by atoms with Gasteiger partial charge in [0, 0.05) is 40.0 Å². The first-order valence-electron chi connectivity index (χ1n) is 9.29. The highest BCUT2D eigenvalue weighted by Crippen LogP contribution is 2.36. The molecule has 2 aromatic carbocycles. The van der Waals surface area contributed by atoms with Crippen LogP contribution in [0, 0.1) is 20.2 Å². The second kappa shape index (κ2) is 9.51. The van der Waals surface area contributed by atoms with Gasteiger partial charge in [0.2, 0.25) is 0 Å². The van der Waals surface area contributed by atoms with E-state index in [1.165, 1.54) is 55.7 Å². The van der Waals surface area contributed by atoms with Crippen LogP contribution in [-0.2, 0) is 11.3 Å². The third-order valence-corrected chi connectivity index (χ3v) is 6.23. The normalized spacial score (nSPS) is 14.3. The van der Waals surface area contributed by atoms with E-state index in [2.05, 4.69) is 0 Å². The van der Waals surface area contributed by atoms with Crippen LogP contribution in [0.15, 0.2) is 47.4 Å². The Labute approximate surface area is 171 Å². The van der Waals surface area contributed by atoms with E-state index in [-0.39, 0.29) is 23.5 Å². The molecule has 0 aromatic heterocycles. The Bertz CT molecular complexity index is 910. The van der Waals surface area contributed by atoms with Gasteiger partial charge in [-0.05, 0) is 31.0 Å². The van der Waals surface area contributed by atoms with Crippen LogP contribution in [0.25, 0.3) is 0 Å². The molecule has 0 saturated heterocycles. The molecule has 0 atom stereocenters. The van der Waals surface area contributed by atoms with E-state index in [1.807, 2.05) is 0 Å². The number of hydrogen-bond donors (Lipinski definition) is 0. The summed E-state index contributed by atoms with van der Waals surface area (Å²) in [5.74, 6) is -0.639. The zero-order chi connectivity index (χ0) is 20.8. The first-order chi connectivity index (χ1) is 13.9. The summed E-state index contributed by atoms with van der Waals surface area (Å²) in [6, 6.07) is 9.73. The van der Waals surface area contributed by atoms with E-state index >= 15 is 0 Å². The van der Waals surface area contributed by atoms with Gasteiger partial charge < -0.3 is 4.74 Å². The number of carbonyl (C=O) groups is 1. The summed E-state index contributed by atoms with van der Waals surface area (Å²) in [6.07, 6.45) is 5.79. The molecule has 0 bridgehead atoms. The molecule has 152 valence electrons. The fraction of sp³-hybridized carbons (Fsp3) is 0.350. The Morgan fingerprint density at radius 3 is 2.21 bits per heavy atom. The SMILES string of the molecule is O=C(OCc1cc([N+](=O)[O-])ccc1SC1CCCCC1)c1ccc([N+](=O)[O-])cc1. The second-order valence-corrected chi connectivity index (χ2v) is 8.15. The van der Waals surface area contributed by atoms with E-state index < -0.39 is 15.8 Å². The fourth-order valence-electron chi connectivity index (χ4n) is 3.22. The molecule has 1 aliphatic rings. The molecule has 0 amide bonds. The van der Waals surface area contributed by atoms with Gasteiger partial charge >= 0.3 is 5.97 Å². The van der Waals surface area contributed by atoms with Crippen LogP contribution < -0.4 is 0 Å². The van der Waals surface area contributed by atoms with Crippen LogP contribution in [0.5, 0.6) is 0 Å². The molecule has 0 aliphatic heterocycles. The lowest BCUT2D eigenvalue weighted by molar-refractivity contribution is -0.385. The first-order valence-corrected chi connectivity index (χ1v) is 10.2.